The minimum absolute atomic E-state index is 0.0192. The van der Waals surface area contributed by atoms with Crippen LogP contribution in [-0.2, 0) is 6.61 Å². The Morgan fingerprint density at radius 3 is 2.12 bits per heavy atom. The normalized spacial score (nSPS) is 10.9. The Morgan fingerprint density at radius 2 is 1.59 bits per heavy atom. The Bertz CT molecular complexity index is 1280. The number of hydrogen-bond acceptors (Lipinski definition) is 7. The minimum Gasteiger partial charge on any atom is -0.490 e. The SMILES string of the molecule is CCOc1cc(/C=C(/C#N)c2ccc([N+](=O)[O-])cc2)cc(Cl)c1OCc1ccc([N+](=O)[O-])cc1. The van der Waals surface area contributed by atoms with Crippen LogP contribution in [0, 0.1) is 31.6 Å². The van der Waals surface area contributed by atoms with Crippen LogP contribution in [0.1, 0.15) is 23.6 Å². The summed E-state index contributed by atoms with van der Waals surface area (Å²) in [5.41, 5.74) is 1.99. The zero-order valence-corrected chi connectivity index (χ0v) is 18.7. The van der Waals surface area contributed by atoms with Crippen LogP contribution in [0.2, 0.25) is 5.02 Å². The van der Waals surface area contributed by atoms with Gasteiger partial charge in [-0.1, -0.05) is 11.6 Å². The summed E-state index contributed by atoms with van der Waals surface area (Å²) in [5.74, 6) is 0.664. The zero-order valence-electron chi connectivity index (χ0n) is 17.9. The van der Waals surface area contributed by atoms with E-state index in [1.54, 1.807) is 37.3 Å². The van der Waals surface area contributed by atoms with Crippen molar-refractivity contribution in [2.24, 2.45) is 0 Å². The molecule has 0 aliphatic carbocycles. The van der Waals surface area contributed by atoms with E-state index in [1.807, 2.05) is 0 Å². The van der Waals surface area contributed by atoms with Gasteiger partial charge in [0, 0.05) is 24.3 Å². The number of rotatable bonds is 9. The lowest BCUT2D eigenvalue weighted by Gasteiger charge is -2.15. The van der Waals surface area contributed by atoms with Crippen molar-refractivity contribution in [3.8, 4) is 17.6 Å². The molecule has 0 amide bonds. The highest BCUT2D eigenvalue weighted by molar-refractivity contribution is 6.32. The average molecular weight is 480 g/mol. The van der Waals surface area contributed by atoms with E-state index >= 15 is 0 Å². The number of hydrogen-bond donors (Lipinski definition) is 0. The molecule has 0 bridgehead atoms. The van der Waals surface area contributed by atoms with E-state index in [0.29, 0.717) is 34.8 Å². The number of nitro groups is 2. The lowest BCUT2D eigenvalue weighted by Crippen LogP contribution is -2.01. The van der Waals surface area contributed by atoms with Crippen molar-refractivity contribution in [1.29, 1.82) is 5.26 Å². The molecule has 0 aromatic heterocycles. The molecular formula is C24H18ClN3O6. The van der Waals surface area contributed by atoms with E-state index < -0.39 is 9.85 Å². The van der Waals surface area contributed by atoms with Crippen molar-refractivity contribution in [2.75, 3.05) is 6.61 Å². The van der Waals surface area contributed by atoms with Crippen molar-refractivity contribution in [1.82, 2.24) is 0 Å². The number of halogens is 1. The van der Waals surface area contributed by atoms with Gasteiger partial charge in [-0.2, -0.15) is 5.26 Å². The molecular weight excluding hydrogens is 462 g/mol. The van der Waals surface area contributed by atoms with Gasteiger partial charge >= 0.3 is 0 Å². The summed E-state index contributed by atoms with van der Waals surface area (Å²) in [6, 6.07) is 17.0. The number of nitrogens with zero attached hydrogens (tertiary/aromatic N) is 3. The van der Waals surface area contributed by atoms with Gasteiger partial charge in [-0.3, -0.25) is 20.2 Å². The maximum absolute atomic E-state index is 10.9. The van der Waals surface area contributed by atoms with Crippen LogP contribution in [0.4, 0.5) is 11.4 Å². The van der Waals surface area contributed by atoms with E-state index in [9.17, 15) is 25.5 Å². The van der Waals surface area contributed by atoms with E-state index in [-0.39, 0.29) is 28.6 Å². The second-order valence-corrected chi connectivity index (χ2v) is 7.36. The molecule has 0 N–H and O–H groups in total. The number of nitro benzene ring substituents is 2. The first-order valence-electron chi connectivity index (χ1n) is 10.0. The minimum atomic E-state index is -0.511. The van der Waals surface area contributed by atoms with Gasteiger partial charge in [0.15, 0.2) is 11.5 Å². The first kappa shape index (κ1) is 24.2. The van der Waals surface area contributed by atoms with Crippen LogP contribution in [-0.4, -0.2) is 16.5 Å². The second-order valence-electron chi connectivity index (χ2n) is 6.95. The third kappa shape index (κ3) is 5.88. The van der Waals surface area contributed by atoms with Crippen LogP contribution in [0.5, 0.6) is 11.5 Å². The summed E-state index contributed by atoms with van der Waals surface area (Å²) in [4.78, 5) is 20.7. The second kappa shape index (κ2) is 10.9. The van der Waals surface area contributed by atoms with Gasteiger partial charge in [0.2, 0.25) is 0 Å². The molecule has 0 fully saturated rings. The molecule has 172 valence electrons. The highest BCUT2D eigenvalue weighted by Crippen LogP contribution is 2.38. The number of ether oxygens (including phenoxy) is 2. The fourth-order valence-corrected chi connectivity index (χ4v) is 3.33. The van der Waals surface area contributed by atoms with Gasteiger partial charge in [0.1, 0.15) is 6.61 Å². The quantitative estimate of drug-likeness (QED) is 0.154. The van der Waals surface area contributed by atoms with Gasteiger partial charge < -0.3 is 9.47 Å². The zero-order chi connectivity index (χ0) is 24.7. The molecule has 3 aromatic carbocycles. The summed E-state index contributed by atoms with van der Waals surface area (Å²) in [6.45, 7) is 2.25. The molecule has 3 aromatic rings. The van der Waals surface area contributed by atoms with Gasteiger partial charge in [0.05, 0.1) is 33.1 Å². The van der Waals surface area contributed by atoms with Gasteiger partial charge in [-0.05, 0) is 66.1 Å². The average Bonchev–Trinajstić information content (AvgIpc) is 2.82. The Labute approximate surface area is 199 Å². The van der Waals surface area contributed by atoms with E-state index in [4.69, 9.17) is 21.1 Å². The lowest BCUT2D eigenvalue weighted by molar-refractivity contribution is -0.385. The first-order chi connectivity index (χ1) is 16.3. The van der Waals surface area contributed by atoms with Crippen LogP contribution in [0.25, 0.3) is 11.6 Å². The molecule has 0 aliphatic rings. The Hall–Kier alpha value is -4.42. The largest absolute Gasteiger partial charge is 0.490 e. The maximum Gasteiger partial charge on any atom is 0.269 e. The van der Waals surface area contributed by atoms with Crippen molar-refractivity contribution in [3.05, 3.63) is 103 Å². The monoisotopic (exact) mass is 479 g/mol. The molecule has 0 saturated carbocycles. The van der Waals surface area contributed by atoms with Crippen molar-refractivity contribution < 1.29 is 19.3 Å². The molecule has 10 heteroatoms. The fourth-order valence-electron chi connectivity index (χ4n) is 3.05. The maximum atomic E-state index is 10.9. The lowest BCUT2D eigenvalue weighted by atomic mass is 10.0. The molecule has 0 saturated heterocycles. The van der Waals surface area contributed by atoms with E-state index in [2.05, 4.69) is 6.07 Å². The highest BCUT2D eigenvalue weighted by Gasteiger charge is 2.14. The Morgan fingerprint density at radius 1 is 1.00 bits per heavy atom. The summed E-state index contributed by atoms with van der Waals surface area (Å²) in [5, 5.41) is 31.5. The molecule has 0 unspecified atom stereocenters. The molecule has 0 heterocycles. The molecule has 0 aliphatic heterocycles. The molecule has 0 radical (unpaired) electrons. The van der Waals surface area contributed by atoms with Crippen molar-refractivity contribution in [2.45, 2.75) is 13.5 Å². The van der Waals surface area contributed by atoms with Crippen LogP contribution >= 0.6 is 11.6 Å². The standard InChI is InChI=1S/C24H18ClN3O6/c1-2-33-23-13-17(11-19(14-26)18-5-9-21(10-6-18)28(31)32)12-22(25)24(23)34-15-16-3-7-20(8-4-16)27(29)30/h3-13H,2,15H2,1H3/b19-11-. The number of non-ortho nitro benzene ring substituents is 2. The van der Waals surface area contributed by atoms with E-state index in [1.165, 1.54) is 36.4 Å². The Kier molecular flexibility index (Phi) is 7.79. The molecule has 0 atom stereocenters. The molecule has 0 spiro atoms. The van der Waals surface area contributed by atoms with E-state index in [0.717, 1.165) is 0 Å². The summed E-state index contributed by atoms with van der Waals surface area (Å²) >= 11 is 6.45. The number of allylic oxidation sites excluding steroid dienone is 1. The molecule has 3 rings (SSSR count). The Balaban J connectivity index is 1.87. The van der Waals surface area contributed by atoms with Crippen LogP contribution in [0.15, 0.2) is 60.7 Å². The highest BCUT2D eigenvalue weighted by atomic mass is 35.5. The summed E-state index contributed by atoms with van der Waals surface area (Å²) < 4.78 is 11.5. The molecule has 9 nitrogen and oxygen atoms in total. The van der Waals surface area contributed by atoms with Gasteiger partial charge in [-0.25, -0.2) is 0 Å². The number of benzene rings is 3. The third-order valence-corrected chi connectivity index (χ3v) is 4.96. The van der Waals surface area contributed by atoms with Crippen molar-refractivity contribution in [3.63, 3.8) is 0 Å². The van der Waals surface area contributed by atoms with Gasteiger partial charge in [-0.15, -0.1) is 0 Å². The fraction of sp³-hybridized carbons (Fsp3) is 0.125. The predicted octanol–water partition coefficient (Wildman–Crippen LogP) is 6.20. The third-order valence-electron chi connectivity index (χ3n) is 4.68. The van der Waals surface area contributed by atoms with Gasteiger partial charge in [0.25, 0.3) is 11.4 Å². The summed E-state index contributed by atoms with van der Waals surface area (Å²) in [6.07, 6.45) is 1.59. The predicted molar refractivity (Wildman–Crippen MR) is 127 cm³/mol. The van der Waals surface area contributed by atoms with Crippen molar-refractivity contribution >= 4 is 34.6 Å². The molecule has 34 heavy (non-hydrogen) atoms. The van der Waals surface area contributed by atoms with Crippen LogP contribution < -0.4 is 9.47 Å². The number of nitriles is 1. The topological polar surface area (TPSA) is 129 Å². The van der Waals surface area contributed by atoms with Crippen LogP contribution in [0.3, 0.4) is 0 Å². The smallest absolute Gasteiger partial charge is 0.269 e. The first-order valence-corrected chi connectivity index (χ1v) is 10.4. The summed E-state index contributed by atoms with van der Waals surface area (Å²) in [7, 11) is 0.